The highest BCUT2D eigenvalue weighted by atomic mass is 32.2. The highest BCUT2D eigenvalue weighted by Gasteiger charge is 2.24. The van der Waals surface area contributed by atoms with Crippen LogP contribution in [0.5, 0.6) is 0 Å². The van der Waals surface area contributed by atoms with Gasteiger partial charge in [0.15, 0.2) is 0 Å². The molecule has 24 heavy (non-hydrogen) atoms. The van der Waals surface area contributed by atoms with Crippen molar-refractivity contribution < 1.29 is 13.2 Å². The maximum absolute atomic E-state index is 12.6. The van der Waals surface area contributed by atoms with Gasteiger partial charge in [0, 0.05) is 12.7 Å². The number of amides is 1. The van der Waals surface area contributed by atoms with Crippen molar-refractivity contribution in [1.29, 1.82) is 0 Å². The van der Waals surface area contributed by atoms with Crippen LogP contribution in [0.25, 0.3) is 0 Å². The number of hydrogen-bond donors (Lipinski definition) is 0. The molecule has 0 aromatic heterocycles. The standard InChI is InChI=1S/C18H22N2O3S/c1-4-15-10-8-9-13-17(15)20(24(3,22)23)14-18(21)19(2)16-11-6-5-7-12-16/h5-13H,4,14H2,1-3H3. The van der Waals surface area contributed by atoms with Crippen LogP contribution in [-0.4, -0.2) is 34.2 Å². The molecule has 0 saturated heterocycles. The summed E-state index contributed by atoms with van der Waals surface area (Å²) in [7, 11) is -1.93. The Hall–Kier alpha value is -2.34. The number of carbonyl (C=O) groups is 1. The van der Waals surface area contributed by atoms with E-state index in [4.69, 9.17) is 0 Å². The van der Waals surface area contributed by atoms with Crippen molar-refractivity contribution in [2.45, 2.75) is 13.3 Å². The number of carbonyl (C=O) groups excluding carboxylic acids is 1. The molecular weight excluding hydrogens is 324 g/mol. The van der Waals surface area contributed by atoms with Gasteiger partial charge in [0.2, 0.25) is 15.9 Å². The number of anilines is 2. The summed E-state index contributed by atoms with van der Waals surface area (Å²) < 4.78 is 25.7. The molecule has 2 aromatic rings. The van der Waals surface area contributed by atoms with E-state index in [0.29, 0.717) is 12.1 Å². The zero-order valence-electron chi connectivity index (χ0n) is 14.1. The number of nitrogens with zero attached hydrogens (tertiary/aromatic N) is 2. The second-order valence-corrected chi connectivity index (χ2v) is 7.45. The Morgan fingerprint density at radius 1 is 1.00 bits per heavy atom. The molecule has 0 bridgehead atoms. The largest absolute Gasteiger partial charge is 0.314 e. The smallest absolute Gasteiger partial charge is 0.247 e. The summed E-state index contributed by atoms with van der Waals surface area (Å²) in [6.07, 6.45) is 1.81. The average Bonchev–Trinajstić information content (AvgIpc) is 2.58. The Kier molecular flexibility index (Phi) is 5.62. The minimum absolute atomic E-state index is 0.235. The molecule has 0 fully saturated rings. The number of aryl methyl sites for hydroxylation is 1. The van der Waals surface area contributed by atoms with Gasteiger partial charge in [-0.2, -0.15) is 0 Å². The normalized spacial score (nSPS) is 11.1. The Bertz CT molecular complexity index is 804. The molecule has 0 spiro atoms. The first-order valence-corrected chi connectivity index (χ1v) is 9.56. The van der Waals surface area contributed by atoms with Gasteiger partial charge in [-0.1, -0.05) is 43.3 Å². The van der Waals surface area contributed by atoms with Crippen LogP contribution in [0.15, 0.2) is 54.6 Å². The first-order chi connectivity index (χ1) is 11.3. The number of benzene rings is 2. The lowest BCUT2D eigenvalue weighted by Gasteiger charge is -2.26. The van der Waals surface area contributed by atoms with Gasteiger partial charge < -0.3 is 4.90 Å². The lowest BCUT2D eigenvalue weighted by Crippen LogP contribution is -2.41. The Morgan fingerprint density at radius 3 is 2.17 bits per heavy atom. The van der Waals surface area contributed by atoms with Crippen LogP contribution in [0, 0.1) is 0 Å². The van der Waals surface area contributed by atoms with E-state index in [2.05, 4.69) is 0 Å². The van der Waals surface area contributed by atoms with Crippen molar-refractivity contribution in [2.24, 2.45) is 0 Å². The van der Waals surface area contributed by atoms with Crippen LogP contribution in [-0.2, 0) is 21.2 Å². The topological polar surface area (TPSA) is 57.7 Å². The first kappa shape index (κ1) is 18.0. The first-order valence-electron chi connectivity index (χ1n) is 7.71. The second kappa shape index (κ2) is 7.49. The molecule has 1 amide bonds. The number of sulfonamides is 1. The van der Waals surface area contributed by atoms with Crippen molar-refractivity contribution in [1.82, 2.24) is 0 Å². The van der Waals surface area contributed by atoms with Gasteiger partial charge >= 0.3 is 0 Å². The summed E-state index contributed by atoms with van der Waals surface area (Å²) in [4.78, 5) is 14.1. The minimum atomic E-state index is -3.58. The predicted octanol–water partition coefficient (Wildman–Crippen LogP) is 2.68. The molecule has 5 nitrogen and oxygen atoms in total. The van der Waals surface area contributed by atoms with Crippen LogP contribution in [0.2, 0.25) is 0 Å². The van der Waals surface area contributed by atoms with Crippen LogP contribution in [0.3, 0.4) is 0 Å². The second-order valence-electron chi connectivity index (χ2n) is 5.54. The van der Waals surface area contributed by atoms with Gasteiger partial charge in [0.1, 0.15) is 6.54 Å². The van der Waals surface area contributed by atoms with Gasteiger partial charge in [-0.25, -0.2) is 8.42 Å². The summed E-state index contributed by atoms with van der Waals surface area (Å²) in [5.74, 6) is -0.294. The van der Waals surface area contributed by atoms with Crippen molar-refractivity contribution >= 4 is 27.3 Å². The van der Waals surface area contributed by atoms with E-state index >= 15 is 0 Å². The minimum Gasteiger partial charge on any atom is -0.314 e. The molecular formula is C18H22N2O3S. The van der Waals surface area contributed by atoms with Crippen molar-refractivity contribution in [3.63, 3.8) is 0 Å². The van der Waals surface area contributed by atoms with Crippen molar-refractivity contribution in [3.05, 3.63) is 60.2 Å². The van der Waals surface area contributed by atoms with Crippen LogP contribution in [0.1, 0.15) is 12.5 Å². The zero-order valence-corrected chi connectivity index (χ0v) is 15.0. The third kappa shape index (κ3) is 4.14. The molecule has 0 saturated carbocycles. The van der Waals surface area contributed by atoms with E-state index in [-0.39, 0.29) is 12.5 Å². The maximum Gasteiger partial charge on any atom is 0.247 e. The van der Waals surface area contributed by atoms with Crippen LogP contribution in [0.4, 0.5) is 11.4 Å². The monoisotopic (exact) mass is 346 g/mol. The summed E-state index contributed by atoms with van der Waals surface area (Å²) >= 11 is 0. The fourth-order valence-corrected chi connectivity index (χ4v) is 3.34. The van der Waals surface area contributed by atoms with Gasteiger partial charge in [0.25, 0.3) is 0 Å². The molecule has 0 aliphatic rings. The predicted molar refractivity (Wildman–Crippen MR) is 97.9 cm³/mol. The molecule has 0 atom stereocenters. The lowest BCUT2D eigenvalue weighted by molar-refractivity contribution is -0.116. The zero-order chi connectivity index (χ0) is 17.7. The average molecular weight is 346 g/mol. The van der Waals surface area contributed by atoms with E-state index in [1.165, 1.54) is 9.21 Å². The molecule has 0 aliphatic carbocycles. The summed E-state index contributed by atoms with van der Waals surface area (Å²) in [6, 6.07) is 16.4. The maximum atomic E-state index is 12.6. The fourth-order valence-electron chi connectivity index (χ4n) is 2.46. The van der Waals surface area contributed by atoms with E-state index in [1.54, 1.807) is 19.2 Å². The van der Waals surface area contributed by atoms with Gasteiger partial charge in [-0.05, 0) is 30.2 Å². The molecule has 0 aliphatic heterocycles. The molecule has 2 rings (SSSR count). The van der Waals surface area contributed by atoms with Gasteiger partial charge in [-0.3, -0.25) is 9.10 Å². The van der Waals surface area contributed by atoms with Crippen LogP contribution < -0.4 is 9.21 Å². The highest BCUT2D eigenvalue weighted by molar-refractivity contribution is 7.92. The quantitative estimate of drug-likeness (QED) is 0.808. The molecule has 128 valence electrons. The number of rotatable bonds is 6. The summed E-state index contributed by atoms with van der Waals surface area (Å²) in [5, 5.41) is 0. The van der Waals surface area contributed by atoms with E-state index in [1.807, 2.05) is 49.4 Å². The fraction of sp³-hybridized carbons (Fsp3) is 0.278. The molecule has 0 N–H and O–H groups in total. The molecule has 0 heterocycles. The summed E-state index contributed by atoms with van der Waals surface area (Å²) in [6.45, 7) is 1.72. The third-order valence-corrected chi connectivity index (χ3v) is 4.96. The molecule has 6 heteroatoms. The van der Waals surface area contributed by atoms with Crippen LogP contribution >= 0.6 is 0 Å². The molecule has 0 radical (unpaired) electrons. The van der Waals surface area contributed by atoms with Gasteiger partial charge in [-0.15, -0.1) is 0 Å². The number of hydrogen-bond acceptors (Lipinski definition) is 3. The molecule has 2 aromatic carbocycles. The Labute approximate surface area is 143 Å². The van der Waals surface area contributed by atoms with E-state index in [0.717, 1.165) is 17.5 Å². The molecule has 0 unspecified atom stereocenters. The highest BCUT2D eigenvalue weighted by Crippen LogP contribution is 2.24. The van der Waals surface area contributed by atoms with Crippen molar-refractivity contribution in [3.8, 4) is 0 Å². The third-order valence-electron chi connectivity index (χ3n) is 3.84. The number of likely N-dealkylation sites (N-methyl/N-ethyl adjacent to an activating group) is 1. The van der Waals surface area contributed by atoms with Crippen molar-refractivity contribution in [2.75, 3.05) is 29.1 Å². The Balaban J connectivity index is 2.32. The lowest BCUT2D eigenvalue weighted by atomic mass is 10.1. The van der Waals surface area contributed by atoms with E-state index < -0.39 is 10.0 Å². The summed E-state index contributed by atoms with van der Waals surface area (Å²) in [5.41, 5.74) is 2.16. The number of para-hydroxylation sites is 2. The SMILES string of the molecule is CCc1ccccc1N(CC(=O)N(C)c1ccccc1)S(C)(=O)=O. The van der Waals surface area contributed by atoms with Gasteiger partial charge in [0.05, 0.1) is 11.9 Å². The Morgan fingerprint density at radius 2 is 1.58 bits per heavy atom. The van der Waals surface area contributed by atoms with E-state index in [9.17, 15) is 13.2 Å².